The second-order valence-corrected chi connectivity index (χ2v) is 10.0. The molecule has 9 nitrogen and oxygen atoms in total. The van der Waals surface area contributed by atoms with Gasteiger partial charge in [-0.3, -0.25) is 0 Å². The van der Waals surface area contributed by atoms with Crippen molar-refractivity contribution >= 4 is 5.95 Å². The number of rotatable bonds is 5. The minimum absolute atomic E-state index is 0.0593. The number of anilines is 1. The summed E-state index contributed by atoms with van der Waals surface area (Å²) < 4.78 is 26.4. The van der Waals surface area contributed by atoms with Crippen molar-refractivity contribution in [2.75, 3.05) is 18.1 Å². The molecule has 36 heavy (non-hydrogen) atoms. The summed E-state index contributed by atoms with van der Waals surface area (Å²) in [6.07, 6.45) is 7.07. The number of pyridine rings is 1. The lowest BCUT2D eigenvalue weighted by Gasteiger charge is -2.40. The maximum atomic E-state index is 15.3. The van der Waals surface area contributed by atoms with Gasteiger partial charge in [0.1, 0.15) is 30.8 Å². The third-order valence-electron chi connectivity index (χ3n) is 7.64. The second kappa shape index (κ2) is 8.55. The molecule has 0 radical (unpaired) electrons. The first-order valence-corrected chi connectivity index (χ1v) is 12.6. The van der Waals surface area contributed by atoms with Crippen LogP contribution in [0.3, 0.4) is 0 Å². The summed E-state index contributed by atoms with van der Waals surface area (Å²) >= 11 is 0. The Balaban J connectivity index is 1.14. The van der Waals surface area contributed by atoms with Crippen molar-refractivity contribution in [1.29, 1.82) is 0 Å². The summed E-state index contributed by atoms with van der Waals surface area (Å²) in [5.41, 5.74) is 2.57. The second-order valence-electron chi connectivity index (χ2n) is 10.0. The molecule has 4 atom stereocenters. The lowest BCUT2D eigenvalue weighted by molar-refractivity contribution is 0.164. The van der Waals surface area contributed by atoms with Gasteiger partial charge in [-0.15, -0.1) is 10.2 Å². The van der Waals surface area contributed by atoms with Crippen molar-refractivity contribution in [3.05, 3.63) is 36.7 Å². The first kappa shape index (κ1) is 21.7. The Morgan fingerprint density at radius 3 is 2.67 bits per heavy atom. The van der Waals surface area contributed by atoms with Gasteiger partial charge in [0.15, 0.2) is 5.75 Å². The van der Waals surface area contributed by atoms with Crippen LogP contribution in [0.15, 0.2) is 36.7 Å². The Labute approximate surface area is 207 Å². The number of phenols is 1. The number of halogens is 1. The number of benzene rings is 1. The predicted molar refractivity (Wildman–Crippen MR) is 130 cm³/mol. The summed E-state index contributed by atoms with van der Waals surface area (Å²) in [6, 6.07) is 7.50. The van der Waals surface area contributed by atoms with Crippen molar-refractivity contribution in [1.82, 2.24) is 25.5 Å². The maximum absolute atomic E-state index is 15.3. The normalized spacial score (nSPS) is 26.6. The molecule has 186 valence electrons. The lowest BCUT2D eigenvalue weighted by Crippen LogP contribution is -2.57. The van der Waals surface area contributed by atoms with E-state index in [4.69, 9.17) is 9.47 Å². The number of fused-ring (bicyclic) bond motifs is 3. The zero-order chi connectivity index (χ0) is 24.2. The van der Waals surface area contributed by atoms with E-state index in [-0.39, 0.29) is 23.9 Å². The fourth-order valence-electron chi connectivity index (χ4n) is 5.71. The summed E-state index contributed by atoms with van der Waals surface area (Å²) in [5, 5.41) is 23.0. The van der Waals surface area contributed by atoms with E-state index < -0.39 is 6.17 Å². The van der Waals surface area contributed by atoms with E-state index in [0.717, 1.165) is 43.2 Å². The topological polar surface area (TPSA) is 106 Å². The van der Waals surface area contributed by atoms with Gasteiger partial charge in [-0.1, -0.05) is 6.07 Å². The number of nitrogens with zero attached hydrogens (tertiary/aromatic N) is 5. The van der Waals surface area contributed by atoms with Gasteiger partial charge in [0.2, 0.25) is 5.95 Å². The zero-order valence-electron chi connectivity index (χ0n) is 19.7. The van der Waals surface area contributed by atoms with Crippen molar-refractivity contribution in [3.63, 3.8) is 0 Å². The predicted octanol–water partition coefficient (Wildman–Crippen LogP) is 3.28. The van der Waals surface area contributed by atoms with Crippen LogP contribution in [0, 0.1) is 0 Å². The summed E-state index contributed by atoms with van der Waals surface area (Å²) in [6.45, 7) is 0.960. The van der Waals surface area contributed by atoms with Crippen molar-refractivity contribution < 1.29 is 19.0 Å². The molecule has 2 N–H and O–H groups in total. The van der Waals surface area contributed by atoms with E-state index in [1.807, 2.05) is 12.1 Å². The van der Waals surface area contributed by atoms with E-state index >= 15 is 4.39 Å². The van der Waals surface area contributed by atoms with Crippen LogP contribution in [0.25, 0.3) is 22.4 Å². The van der Waals surface area contributed by atoms with Crippen LogP contribution in [0.4, 0.5) is 10.3 Å². The molecule has 1 aliphatic carbocycles. The molecule has 2 saturated heterocycles. The van der Waals surface area contributed by atoms with Gasteiger partial charge in [-0.25, -0.2) is 14.4 Å². The highest BCUT2D eigenvalue weighted by Crippen LogP contribution is 2.40. The van der Waals surface area contributed by atoms with Crippen LogP contribution in [0.1, 0.15) is 32.1 Å². The molecule has 1 aromatic carbocycles. The van der Waals surface area contributed by atoms with Crippen LogP contribution < -0.4 is 19.7 Å². The smallest absolute Gasteiger partial charge is 0.257 e. The van der Waals surface area contributed by atoms with Crippen LogP contribution in [0.5, 0.6) is 17.4 Å². The number of ether oxygens (including phenoxy) is 2. The Hall–Kier alpha value is -3.53. The van der Waals surface area contributed by atoms with Gasteiger partial charge in [0.25, 0.3) is 5.88 Å². The van der Waals surface area contributed by atoms with Gasteiger partial charge < -0.3 is 24.8 Å². The van der Waals surface area contributed by atoms with Gasteiger partial charge >= 0.3 is 0 Å². The quantitative estimate of drug-likeness (QED) is 0.557. The van der Waals surface area contributed by atoms with Crippen LogP contribution in [-0.2, 0) is 0 Å². The number of hydrogen-bond donors (Lipinski definition) is 2. The van der Waals surface area contributed by atoms with Gasteiger partial charge in [-0.05, 0) is 55.9 Å². The lowest BCUT2D eigenvalue weighted by atomic mass is 9.96. The summed E-state index contributed by atoms with van der Waals surface area (Å²) in [5.74, 6) is 1.59. The van der Waals surface area contributed by atoms with Crippen molar-refractivity contribution in [2.45, 2.75) is 62.4 Å². The molecule has 0 unspecified atom stereocenters. The molecular formula is C26H27FN6O3. The Kier molecular flexibility index (Phi) is 5.16. The average Bonchev–Trinajstić information content (AvgIpc) is 3.66. The Morgan fingerprint density at radius 1 is 0.972 bits per heavy atom. The first-order chi connectivity index (χ1) is 17.6. The third kappa shape index (κ3) is 3.80. The average molecular weight is 491 g/mol. The van der Waals surface area contributed by atoms with Gasteiger partial charge in [0, 0.05) is 35.4 Å². The fourth-order valence-corrected chi connectivity index (χ4v) is 5.71. The van der Waals surface area contributed by atoms with Gasteiger partial charge in [0.05, 0.1) is 12.2 Å². The maximum Gasteiger partial charge on any atom is 0.257 e. The molecule has 3 aromatic rings. The number of nitrogens with one attached hydrogen (secondary N) is 1. The number of hydrogen-bond acceptors (Lipinski definition) is 9. The number of aromatic hydroxyl groups is 1. The molecular weight excluding hydrogens is 463 g/mol. The molecule has 2 bridgehead atoms. The van der Waals surface area contributed by atoms with E-state index in [1.54, 1.807) is 24.5 Å². The van der Waals surface area contributed by atoms with E-state index in [1.165, 1.54) is 0 Å². The Bertz CT molecular complexity index is 1290. The van der Waals surface area contributed by atoms with Crippen LogP contribution in [0.2, 0.25) is 0 Å². The third-order valence-corrected chi connectivity index (χ3v) is 7.64. The highest BCUT2D eigenvalue weighted by atomic mass is 19.1. The number of piperidine rings is 1. The number of phenolic OH excluding ortho intramolecular Hbond substituents is 1. The SMILES string of the molecule is Oc1cc(-c2cnc3c(c2)OCCO3)ccc1-c1cnc(N(C2CC2)[C@@H]2C[C@@H]3CC[C@H](N3)[C@@H]2F)nn1. The van der Waals surface area contributed by atoms with Gasteiger partial charge in [-0.2, -0.15) is 0 Å². The monoisotopic (exact) mass is 490 g/mol. The largest absolute Gasteiger partial charge is 0.507 e. The molecule has 3 fully saturated rings. The number of alkyl halides is 1. The van der Waals surface area contributed by atoms with E-state index in [2.05, 4.69) is 30.4 Å². The zero-order valence-corrected chi connectivity index (χ0v) is 19.7. The van der Waals surface area contributed by atoms with Crippen LogP contribution >= 0.6 is 0 Å². The number of aromatic nitrogens is 4. The van der Waals surface area contributed by atoms with Crippen molar-refractivity contribution in [3.8, 4) is 39.8 Å². The summed E-state index contributed by atoms with van der Waals surface area (Å²) in [4.78, 5) is 11.0. The Morgan fingerprint density at radius 2 is 1.86 bits per heavy atom. The van der Waals surface area contributed by atoms with Crippen molar-refractivity contribution in [2.24, 2.45) is 0 Å². The molecule has 0 amide bonds. The highest BCUT2D eigenvalue weighted by molar-refractivity contribution is 5.74. The standard InChI is InChI=1S/C26H27FN6O3/c27-24-19-6-2-16(30-19)11-21(24)33(17-3-4-17)26-29-13-20(31-32-26)18-5-1-14(9-22(18)34)15-10-23-25(28-12-15)36-8-7-35-23/h1,5,9-10,12-13,16-17,19,21,24,30,34H,2-4,6-8,11H2/t16-,19-,21+,24-/m0/s1. The molecule has 1 saturated carbocycles. The molecule has 0 spiro atoms. The molecule has 4 aliphatic rings. The molecule has 3 aliphatic heterocycles. The molecule has 10 heteroatoms. The molecule has 5 heterocycles. The minimum Gasteiger partial charge on any atom is -0.507 e. The summed E-state index contributed by atoms with van der Waals surface area (Å²) in [7, 11) is 0. The molecule has 7 rings (SSSR count). The molecule has 2 aromatic heterocycles. The fraction of sp³-hybridized carbons (Fsp3) is 0.462. The van der Waals surface area contributed by atoms with E-state index in [9.17, 15) is 5.11 Å². The highest BCUT2D eigenvalue weighted by Gasteiger charge is 2.48. The minimum atomic E-state index is -0.945. The van der Waals surface area contributed by atoms with Crippen LogP contribution in [-0.4, -0.2) is 68.8 Å². The van der Waals surface area contributed by atoms with E-state index in [0.29, 0.717) is 48.1 Å². The first-order valence-electron chi connectivity index (χ1n) is 12.6.